The summed E-state index contributed by atoms with van der Waals surface area (Å²) in [6.07, 6.45) is 2.42. The molecule has 0 radical (unpaired) electrons. The third kappa shape index (κ3) is 2.90. The number of likely N-dealkylation sites (tertiary alicyclic amines) is 1. The van der Waals surface area contributed by atoms with Crippen LogP contribution in [-0.2, 0) is 0 Å². The quantitative estimate of drug-likeness (QED) is 0.696. The number of urea groups is 1. The van der Waals surface area contributed by atoms with Gasteiger partial charge in [-0.15, -0.1) is 0 Å². The highest BCUT2D eigenvalue weighted by Crippen LogP contribution is 2.22. The molecule has 1 heterocycles. The number of nitrogens with one attached hydrogen (secondary N) is 1. The van der Waals surface area contributed by atoms with E-state index < -0.39 is 0 Å². The fraction of sp³-hybridized carbons (Fsp3) is 0.900. The van der Waals surface area contributed by atoms with Crippen LogP contribution in [0.2, 0.25) is 0 Å². The van der Waals surface area contributed by atoms with Gasteiger partial charge in [0, 0.05) is 20.1 Å². The lowest BCUT2D eigenvalue weighted by Crippen LogP contribution is -2.36. The number of hydrogen-bond acceptors (Lipinski definition) is 1. The van der Waals surface area contributed by atoms with Gasteiger partial charge >= 0.3 is 6.03 Å². The molecule has 1 aliphatic rings. The molecule has 1 aliphatic heterocycles. The van der Waals surface area contributed by atoms with E-state index in [9.17, 15) is 4.79 Å². The predicted molar refractivity (Wildman–Crippen MR) is 53.6 cm³/mol. The van der Waals surface area contributed by atoms with E-state index in [-0.39, 0.29) is 6.03 Å². The Balaban J connectivity index is 2.32. The fourth-order valence-electron chi connectivity index (χ4n) is 2.03. The first kappa shape index (κ1) is 10.4. The Morgan fingerprint density at radius 1 is 1.62 bits per heavy atom. The second-order valence-corrected chi connectivity index (χ2v) is 4.29. The summed E-state index contributed by atoms with van der Waals surface area (Å²) in [4.78, 5) is 13.2. The predicted octanol–water partition coefficient (Wildman–Crippen LogP) is 1.69. The van der Waals surface area contributed by atoms with E-state index in [0.717, 1.165) is 24.9 Å². The van der Waals surface area contributed by atoms with Crippen molar-refractivity contribution in [3.8, 4) is 0 Å². The lowest BCUT2D eigenvalue weighted by atomic mass is 9.97. The summed E-state index contributed by atoms with van der Waals surface area (Å²) in [5, 5.41) is 2.67. The van der Waals surface area contributed by atoms with E-state index in [1.165, 1.54) is 12.8 Å². The van der Waals surface area contributed by atoms with Crippen molar-refractivity contribution in [3.63, 3.8) is 0 Å². The summed E-state index contributed by atoms with van der Waals surface area (Å²) in [7, 11) is 1.69. The van der Waals surface area contributed by atoms with Gasteiger partial charge in [0.15, 0.2) is 0 Å². The maximum absolute atomic E-state index is 11.3. The highest BCUT2D eigenvalue weighted by atomic mass is 16.2. The normalized spacial score (nSPS) is 22.5. The van der Waals surface area contributed by atoms with Crippen molar-refractivity contribution in [1.29, 1.82) is 0 Å². The fourth-order valence-corrected chi connectivity index (χ4v) is 2.03. The number of nitrogens with zero attached hydrogens (tertiary/aromatic N) is 1. The highest BCUT2D eigenvalue weighted by molar-refractivity contribution is 5.74. The molecule has 0 saturated carbocycles. The smallest absolute Gasteiger partial charge is 0.317 e. The molecule has 1 fully saturated rings. The Bertz CT molecular complexity index is 180. The Kier molecular flexibility index (Phi) is 3.58. The molecule has 0 aliphatic carbocycles. The second-order valence-electron chi connectivity index (χ2n) is 4.29. The standard InChI is InChI=1S/C10H20N2O/c1-8(2)6-9-4-5-12(7-9)10(13)11-3/h8-9H,4-7H2,1-3H3,(H,11,13)/t9-/m1/s1. The molecule has 3 heteroatoms. The van der Waals surface area contributed by atoms with Gasteiger partial charge in [0.25, 0.3) is 0 Å². The van der Waals surface area contributed by atoms with E-state index in [1.807, 2.05) is 4.90 Å². The van der Waals surface area contributed by atoms with Gasteiger partial charge in [-0.3, -0.25) is 0 Å². The Labute approximate surface area is 80.5 Å². The average molecular weight is 184 g/mol. The largest absolute Gasteiger partial charge is 0.341 e. The van der Waals surface area contributed by atoms with E-state index in [4.69, 9.17) is 0 Å². The Morgan fingerprint density at radius 3 is 2.85 bits per heavy atom. The summed E-state index contributed by atoms with van der Waals surface area (Å²) in [5.74, 6) is 1.46. The van der Waals surface area contributed by atoms with Crippen LogP contribution in [0.5, 0.6) is 0 Å². The maximum atomic E-state index is 11.3. The van der Waals surface area contributed by atoms with Crippen LogP contribution in [0.3, 0.4) is 0 Å². The van der Waals surface area contributed by atoms with Gasteiger partial charge in [-0.05, 0) is 24.7 Å². The zero-order valence-corrected chi connectivity index (χ0v) is 8.84. The molecule has 1 saturated heterocycles. The first-order chi connectivity index (χ1) is 6.13. The van der Waals surface area contributed by atoms with E-state index in [1.54, 1.807) is 7.05 Å². The maximum Gasteiger partial charge on any atom is 0.317 e. The minimum Gasteiger partial charge on any atom is -0.341 e. The van der Waals surface area contributed by atoms with Gasteiger partial charge in [-0.25, -0.2) is 4.79 Å². The number of rotatable bonds is 2. The van der Waals surface area contributed by atoms with Crippen molar-refractivity contribution in [2.45, 2.75) is 26.7 Å². The van der Waals surface area contributed by atoms with Gasteiger partial charge in [-0.2, -0.15) is 0 Å². The zero-order valence-electron chi connectivity index (χ0n) is 8.84. The topological polar surface area (TPSA) is 32.3 Å². The summed E-state index contributed by atoms with van der Waals surface area (Å²) in [6, 6.07) is 0.0752. The van der Waals surface area contributed by atoms with Crippen LogP contribution < -0.4 is 5.32 Å². The summed E-state index contributed by atoms with van der Waals surface area (Å²) in [6.45, 7) is 6.35. The third-order valence-electron chi connectivity index (χ3n) is 2.59. The van der Waals surface area contributed by atoms with Crippen LogP contribution in [0, 0.1) is 11.8 Å². The lowest BCUT2D eigenvalue weighted by molar-refractivity contribution is 0.208. The molecule has 0 unspecified atom stereocenters. The van der Waals surface area contributed by atoms with Gasteiger partial charge in [0.2, 0.25) is 0 Å². The van der Waals surface area contributed by atoms with Crippen LogP contribution in [0.25, 0.3) is 0 Å². The van der Waals surface area contributed by atoms with E-state index >= 15 is 0 Å². The van der Waals surface area contributed by atoms with Crippen molar-refractivity contribution < 1.29 is 4.79 Å². The zero-order chi connectivity index (χ0) is 9.84. The Hall–Kier alpha value is -0.730. The van der Waals surface area contributed by atoms with Crippen molar-refractivity contribution in [3.05, 3.63) is 0 Å². The summed E-state index contributed by atoms with van der Waals surface area (Å²) < 4.78 is 0. The van der Waals surface area contributed by atoms with Crippen LogP contribution in [-0.4, -0.2) is 31.1 Å². The summed E-state index contributed by atoms with van der Waals surface area (Å²) >= 11 is 0. The molecular formula is C10H20N2O. The number of carbonyl (C=O) groups is 1. The third-order valence-corrected chi connectivity index (χ3v) is 2.59. The minimum absolute atomic E-state index is 0.0752. The first-order valence-corrected chi connectivity index (χ1v) is 5.10. The van der Waals surface area contributed by atoms with Gasteiger partial charge in [0.05, 0.1) is 0 Å². The van der Waals surface area contributed by atoms with Crippen LogP contribution in [0.15, 0.2) is 0 Å². The first-order valence-electron chi connectivity index (χ1n) is 5.10. The van der Waals surface area contributed by atoms with Crippen molar-refractivity contribution in [2.75, 3.05) is 20.1 Å². The highest BCUT2D eigenvalue weighted by Gasteiger charge is 2.25. The molecule has 1 atom stereocenters. The molecule has 13 heavy (non-hydrogen) atoms. The van der Waals surface area contributed by atoms with E-state index in [0.29, 0.717) is 0 Å². The molecule has 76 valence electrons. The second kappa shape index (κ2) is 4.49. The molecule has 0 aromatic heterocycles. The molecule has 0 aromatic carbocycles. The molecule has 0 aromatic rings. The van der Waals surface area contributed by atoms with Gasteiger partial charge in [-0.1, -0.05) is 13.8 Å². The minimum atomic E-state index is 0.0752. The molecule has 2 amide bonds. The molecule has 0 spiro atoms. The van der Waals surface area contributed by atoms with Gasteiger partial charge in [0.1, 0.15) is 0 Å². The SMILES string of the molecule is CNC(=O)N1CC[C@H](CC(C)C)C1. The number of amides is 2. The van der Waals surface area contributed by atoms with Crippen LogP contribution in [0.1, 0.15) is 26.7 Å². The Morgan fingerprint density at radius 2 is 2.31 bits per heavy atom. The molecular weight excluding hydrogens is 164 g/mol. The van der Waals surface area contributed by atoms with Crippen molar-refractivity contribution >= 4 is 6.03 Å². The lowest BCUT2D eigenvalue weighted by Gasteiger charge is -2.16. The average Bonchev–Trinajstić information content (AvgIpc) is 2.50. The molecule has 1 N–H and O–H groups in total. The molecule has 1 rings (SSSR count). The molecule has 3 nitrogen and oxygen atoms in total. The molecule has 0 bridgehead atoms. The van der Waals surface area contributed by atoms with E-state index in [2.05, 4.69) is 19.2 Å². The number of hydrogen-bond donors (Lipinski definition) is 1. The van der Waals surface area contributed by atoms with Crippen LogP contribution >= 0.6 is 0 Å². The van der Waals surface area contributed by atoms with Crippen molar-refractivity contribution in [2.24, 2.45) is 11.8 Å². The van der Waals surface area contributed by atoms with Crippen LogP contribution in [0.4, 0.5) is 4.79 Å². The number of carbonyl (C=O) groups excluding carboxylic acids is 1. The summed E-state index contributed by atoms with van der Waals surface area (Å²) in [5.41, 5.74) is 0. The van der Waals surface area contributed by atoms with Gasteiger partial charge < -0.3 is 10.2 Å². The monoisotopic (exact) mass is 184 g/mol. The van der Waals surface area contributed by atoms with Crippen molar-refractivity contribution in [1.82, 2.24) is 10.2 Å².